The van der Waals surface area contributed by atoms with E-state index >= 15 is 0 Å². The first-order chi connectivity index (χ1) is 8.72. The Hall–Kier alpha value is -1.26. The van der Waals surface area contributed by atoms with Crippen molar-refractivity contribution >= 4 is 11.3 Å². The van der Waals surface area contributed by atoms with Crippen molar-refractivity contribution in [1.29, 1.82) is 0 Å². The molecule has 0 spiro atoms. The van der Waals surface area contributed by atoms with Gasteiger partial charge in [-0.05, 0) is 38.9 Å². The molecule has 0 aromatic carbocycles. The molecule has 0 radical (unpaired) electrons. The fourth-order valence-corrected chi connectivity index (χ4v) is 2.96. The summed E-state index contributed by atoms with van der Waals surface area (Å²) in [5.41, 5.74) is 2.22. The molecular formula is C14H19N3S. The van der Waals surface area contributed by atoms with Crippen LogP contribution in [0.4, 0.5) is 0 Å². The molecule has 4 heteroatoms. The first kappa shape index (κ1) is 13.2. The second-order valence-electron chi connectivity index (χ2n) is 4.39. The van der Waals surface area contributed by atoms with Crippen LogP contribution in [-0.2, 0) is 0 Å². The summed E-state index contributed by atoms with van der Waals surface area (Å²) in [4.78, 5) is 10.1. The number of hydrogen-bond acceptors (Lipinski definition) is 4. The molecule has 1 unspecified atom stereocenters. The van der Waals surface area contributed by atoms with Crippen LogP contribution in [0.25, 0.3) is 10.6 Å². The zero-order chi connectivity index (χ0) is 13.0. The van der Waals surface area contributed by atoms with Gasteiger partial charge in [-0.2, -0.15) is 0 Å². The Bertz CT molecular complexity index is 493. The standard InChI is InChI=1S/C14H19N3S/c1-4-7-16-10(2)13-11(3)17-14(18-13)12-6-5-8-15-9-12/h5-6,8-10,16H,4,7H2,1-3H3. The third kappa shape index (κ3) is 2.94. The fourth-order valence-electron chi connectivity index (χ4n) is 1.88. The van der Waals surface area contributed by atoms with Crippen molar-refractivity contribution in [3.63, 3.8) is 0 Å². The minimum absolute atomic E-state index is 0.368. The smallest absolute Gasteiger partial charge is 0.125 e. The third-order valence-corrected chi connectivity index (χ3v) is 4.22. The minimum atomic E-state index is 0.368. The van der Waals surface area contributed by atoms with Crippen LogP contribution in [0.1, 0.15) is 36.9 Å². The van der Waals surface area contributed by atoms with Crippen LogP contribution >= 0.6 is 11.3 Å². The summed E-state index contributed by atoms with van der Waals surface area (Å²) in [7, 11) is 0. The number of nitrogens with one attached hydrogen (secondary N) is 1. The Kier molecular flexibility index (Phi) is 4.44. The molecule has 96 valence electrons. The van der Waals surface area contributed by atoms with Gasteiger partial charge >= 0.3 is 0 Å². The predicted molar refractivity (Wildman–Crippen MR) is 76.8 cm³/mol. The van der Waals surface area contributed by atoms with Gasteiger partial charge < -0.3 is 5.32 Å². The molecule has 2 aromatic rings. The maximum Gasteiger partial charge on any atom is 0.125 e. The topological polar surface area (TPSA) is 37.8 Å². The van der Waals surface area contributed by atoms with Gasteiger partial charge in [0.2, 0.25) is 0 Å². The number of pyridine rings is 1. The van der Waals surface area contributed by atoms with Gasteiger partial charge in [-0.25, -0.2) is 4.98 Å². The molecule has 0 saturated heterocycles. The molecule has 3 nitrogen and oxygen atoms in total. The van der Waals surface area contributed by atoms with Crippen molar-refractivity contribution in [3.05, 3.63) is 35.1 Å². The molecule has 2 rings (SSSR count). The summed E-state index contributed by atoms with van der Waals surface area (Å²) in [6, 6.07) is 4.37. The summed E-state index contributed by atoms with van der Waals surface area (Å²) in [5.74, 6) is 0. The van der Waals surface area contributed by atoms with E-state index < -0.39 is 0 Å². The number of aryl methyl sites for hydroxylation is 1. The van der Waals surface area contributed by atoms with E-state index in [1.165, 1.54) is 4.88 Å². The van der Waals surface area contributed by atoms with Crippen LogP contribution < -0.4 is 5.32 Å². The van der Waals surface area contributed by atoms with Gasteiger partial charge in [0.1, 0.15) is 5.01 Å². The maximum absolute atomic E-state index is 4.65. The Labute approximate surface area is 112 Å². The molecular weight excluding hydrogens is 242 g/mol. The van der Waals surface area contributed by atoms with Crippen LogP contribution in [-0.4, -0.2) is 16.5 Å². The van der Waals surface area contributed by atoms with E-state index in [-0.39, 0.29) is 0 Å². The van der Waals surface area contributed by atoms with Crippen LogP contribution in [0, 0.1) is 6.92 Å². The molecule has 2 heterocycles. The first-order valence-electron chi connectivity index (χ1n) is 6.33. The molecule has 0 amide bonds. The summed E-state index contributed by atoms with van der Waals surface area (Å²) in [6.07, 6.45) is 4.81. The fraction of sp³-hybridized carbons (Fsp3) is 0.429. The summed E-state index contributed by atoms with van der Waals surface area (Å²) < 4.78 is 0. The van der Waals surface area contributed by atoms with Crippen molar-refractivity contribution in [2.45, 2.75) is 33.2 Å². The second-order valence-corrected chi connectivity index (χ2v) is 5.42. The maximum atomic E-state index is 4.65. The van der Waals surface area contributed by atoms with Crippen LogP contribution in [0.5, 0.6) is 0 Å². The molecule has 1 atom stereocenters. The molecule has 2 aromatic heterocycles. The number of hydrogen-bond donors (Lipinski definition) is 1. The largest absolute Gasteiger partial charge is 0.309 e. The Morgan fingerprint density at radius 2 is 2.28 bits per heavy atom. The second kappa shape index (κ2) is 6.07. The third-order valence-electron chi connectivity index (χ3n) is 2.83. The van der Waals surface area contributed by atoms with E-state index in [2.05, 4.69) is 42.1 Å². The van der Waals surface area contributed by atoms with E-state index in [9.17, 15) is 0 Å². The lowest BCUT2D eigenvalue weighted by molar-refractivity contribution is 0.575. The molecule has 0 aliphatic rings. The van der Waals surface area contributed by atoms with Gasteiger partial charge in [0.25, 0.3) is 0 Å². The highest BCUT2D eigenvalue weighted by Crippen LogP contribution is 2.31. The van der Waals surface area contributed by atoms with Crippen LogP contribution in [0.3, 0.4) is 0 Å². The average Bonchev–Trinajstić information content (AvgIpc) is 2.79. The molecule has 0 aliphatic carbocycles. The van der Waals surface area contributed by atoms with Crippen molar-refractivity contribution in [2.75, 3.05) is 6.54 Å². The van der Waals surface area contributed by atoms with E-state index in [1.807, 2.05) is 12.3 Å². The Balaban J connectivity index is 2.22. The quantitative estimate of drug-likeness (QED) is 0.894. The first-order valence-corrected chi connectivity index (χ1v) is 7.15. The highest BCUT2D eigenvalue weighted by atomic mass is 32.1. The number of nitrogens with zero attached hydrogens (tertiary/aromatic N) is 2. The lowest BCUT2D eigenvalue weighted by Crippen LogP contribution is -2.18. The van der Waals surface area contributed by atoms with Gasteiger partial charge in [0, 0.05) is 28.9 Å². The molecule has 1 N–H and O–H groups in total. The monoisotopic (exact) mass is 261 g/mol. The Morgan fingerprint density at radius 3 is 2.94 bits per heavy atom. The molecule has 0 aliphatic heterocycles. The van der Waals surface area contributed by atoms with E-state index in [4.69, 9.17) is 0 Å². The predicted octanol–water partition coefficient (Wildman–Crippen LogP) is 3.57. The minimum Gasteiger partial charge on any atom is -0.309 e. The average molecular weight is 261 g/mol. The summed E-state index contributed by atoms with van der Waals surface area (Å²) >= 11 is 1.76. The van der Waals surface area contributed by atoms with Gasteiger partial charge in [-0.15, -0.1) is 11.3 Å². The SMILES string of the molecule is CCCNC(C)c1sc(-c2cccnc2)nc1C. The normalized spacial score (nSPS) is 12.6. The highest BCUT2D eigenvalue weighted by molar-refractivity contribution is 7.15. The molecule has 0 fully saturated rings. The number of thiazole rings is 1. The van der Waals surface area contributed by atoms with Gasteiger partial charge in [0.05, 0.1) is 5.69 Å². The summed E-state index contributed by atoms with van der Waals surface area (Å²) in [5, 5.41) is 4.57. The number of aromatic nitrogens is 2. The molecule has 18 heavy (non-hydrogen) atoms. The van der Waals surface area contributed by atoms with Crippen LogP contribution in [0.2, 0.25) is 0 Å². The molecule has 0 bridgehead atoms. The van der Waals surface area contributed by atoms with E-state index in [0.717, 1.165) is 29.2 Å². The zero-order valence-corrected chi connectivity index (χ0v) is 11.9. The highest BCUT2D eigenvalue weighted by Gasteiger charge is 2.14. The van der Waals surface area contributed by atoms with Crippen molar-refractivity contribution in [3.8, 4) is 10.6 Å². The van der Waals surface area contributed by atoms with E-state index in [0.29, 0.717) is 6.04 Å². The summed E-state index contributed by atoms with van der Waals surface area (Å²) in [6.45, 7) is 7.50. The van der Waals surface area contributed by atoms with Gasteiger partial charge in [0.15, 0.2) is 0 Å². The zero-order valence-electron chi connectivity index (χ0n) is 11.1. The van der Waals surface area contributed by atoms with Gasteiger partial charge in [-0.3, -0.25) is 4.98 Å². The lowest BCUT2D eigenvalue weighted by atomic mass is 10.2. The molecule has 0 saturated carbocycles. The van der Waals surface area contributed by atoms with Gasteiger partial charge in [-0.1, -0.05) is 6.92 Å². The van der Waals surface area contributed by atoms with Crippen molar-refractivity contribution < 1.29 is 0 Å². The lowest BCUT2D eigenvalue weighted by Gasteiger charge is -2.11. The van der Waals surface area contributed by atoms with Crippen LogP contribution in [0.15, 0.2) is 24.5 Å². The van der Waals surface area contributed by atoms with E-state index in [1.54, 1.807) is 17.5 Å². The van der Waals surface area contributed by atoms with Crippen molar-refractivity contribution in [2.24, 2.45) is 0 Å². The van der Waals surface area contributed by atoms with Crippen molar-refractivity contribution in [1.82, 2.24) is 15.3 Å². The number of rotatable bonds is 5. The Morgan fingerprint density at radius 1 is 1.44 bits per heavy atom.